The van der Waals surface area contributed by atoms with Gasteiger partial charge in [0.1, 0.15) is 5.75 Å². The van der Waals surface area contributed by atoms with Crippen molar-refractivity contribution in [1.82, 2.24) is 10.3 Å². The number of thiophene rings is 1. The lowest BCUT2D eigenvalue weighted by atomic mass is 10.1. The summed E-state index contributed by atoms with van der Waals surface area (Å²) in [5.41, 5.74) is 2.42. The van der Waals surface area contributed by atoms with Gasteiger partial charge in [0.25, 0.3) is 5.91 Å². The molecule has 0 bridgehead atoms. The maximum Gasteiger partial charge on any atom is 0.252 e. The van der Waals surface area contributed by atoms with E-state index in [0.29, 0.717) is 17.9 Å². The van der Waals surface area contributed by atoms with Crippen LogP contribution in [0.3, 0.4) is 0 Å². The van der Waals surface area contributed by atoms with Crippen LogP contribution < -0.4 is 10.1 Å². The van der Waals surface area contributed by atoms with Crippen LogP contribution in [0.4, 0.5) is 0 Å². The van der Waals surface area contributed by atoms with Crippen LogP contribution in [0.5, 0.6) is 5.75 Å². The number of carbonyl (C=O) groups is 1. The topological polar surface area (TPSA) is 51.2 Å². The third kappa shape index (κ3) is 3.66. The number of amides is 1. The van der Waals surface area contributed by atoms with Crippen LogP contribution in [0.2, 0.25) is 0 Å². The minimum absolute atomic E-state index is 0.165. The number of benzene rings is 1. The number of halogens is 1. The van der Waals surface area contributed by atoms with Gasteiger partial charge in [0, 0.05) is 17.2 Å². The SMILES string of the molecule is COc1ccc(Br)c(C(=O)NCc2cccnc2-c2cccs2)c1. The molecule has 0 aliphatic carbocycles. The van der Waals surface area contributed by atoms with Gasteiger partial charge in [0.2, 0.25) is 0 Å². The van der Waals surface area contributed by atoms with Gasteiger partial charge < -0.3 is 10.1 Å². The van der Waals surface area contributed by atoms with Crippen molar-refractivity contribution in [1.29, 1.82) is 0 Å². The van der Waals surface area contributed by atoms with Gasteiger partial charge in [-0.3, -0.25) is 9.78 Å². The Morgan fingerprint density at radius 1 is 1.29 bits per heavy atom. The summed E-state index contributed by atoms with van der Waals surface area (Å²) in [6.07, 6.45) is 1.76. The van der Waals surface area contributed by atoms with E-state index in [4.69, 9.17) is 4.74 Å². The molecule has 0 saturated carbocycles. The Morgan fingerprint density at radius 2 is 2.17 bits per heavy atom. The van der Waals surface area contributed by atoms with Crippen LogP contribution in [0, 0.1) is 0 Å². The zero-order valence-electron chi connectivity index (χ0n) is 13.0. The normalized spacial score (nSPS) is 10.4. The highest BCUT2D eigenvalue weighted by Gasteiger charge is 2.13. The number of pyridine rings is 1. The van der Waals surface area contributed by atoms with Crippen molar-refractivity contribution >= 4 is 33.2 Å². The second kappa shape index (κ2) is 7.59. The first kappa shape index (κ1) is 16.7. The largest absolute Gasteiger partial charge is 0.497 e. The first-order chi connectivity index (χ1) is 11.7. The van der Waals surface area contributed by atoms with Crippen LogP contribution in [0.1, 0.15) is 15.9 Å². The Labute approximate surface area is 152 Å². The fourth-order valence-corrected chi connectivity index (χ4v) is 3.48. The van der Waals surface area contributed by atoms with Gasteiger partial charge in [-0.2, -0.15) is 0 Å². The van der Waals surface area contributed by atoms with E-state index in [1.54, 1.807) is 42.8 Å². The molecule has 2 heterocycles. The molecule has 1 N–H and O–H groups in total. The summed E-state index contributed by atoms with van der Waals surface area (Å²) in [5, 5.41) is 4.96. The maximum absolute atomic E-state index is 12.5. The molecule has 3 rings (SSSR count). The lowest BCUT2D eigenvalue weighted by Crippen LogP contribution is -2.23. The number of hydrogen-bond donors (Lipinski definition) is 1. The number of carbonyl (C=O) groups excluding carboxylic acids is 1. The van der Waals surface area contributed by atoms with Crippen molar-refractivity contribution in [3.8, 4) is 16.3 Å². The van der Waals surface area contributed by atoms with E-state index < -0.39 is 0 Å². The number of aromatic nitrogens is 1. The number of rotatable bonds is 5. The standard InChI is InChI=1S/C18H15BrN2O2S/c1-23-13-6-7-15(19)14(10-13)18(22)21-11-12-4-2-8-20-17(12)16-5-3-9-24-16/h2-10H,11H2,1H3,(H,21,22). The summed E-state index contributed by atoms with van der Waals surface area (Å²) in [5.74, 6) is 0.478. The molecular weight excluding hydrogens is 388 g/mol. The fourth-order valence-electron chi connectivity index (χ4n) is 2.29. The van der Waals surface area contributed by atoms with Crippen molar-refractivity contribution in [2.45, 2.75) is 6.54 Å². The number of hydrogen-bond acceptors (Lipinski definition) is 4. The minimum atomic E-state index is -0.165. The average molecular weight is 403 g/mol. The number of nitrogens with zero attached hydrogens (tertiary/aromatic N) is 1. The molecule has 0 aliphatic rings. The quantitative estimate of drug-likeness (QED) is 0.682. The van der Waals surface area contributed by atoms with E-state index >= 15 is 0 Å². The Balaban J connectivity index is 1.78. The Kier molecular flexibility index (Phi) is 5.27. The van der Waals surface area contributed by atoms with Gasteiger partial charge in [0.05, 0.1) is 23.2 Å². The average Bonchev–Trinajstić information content (AvgIpc) is 3.15. The molecule has 0 spiro atoms. The second-order valence-electron chi connectivity index (χ2n) is 5.02. The molecule has 6 heteroatoms. The molecule has 1 amide bonds. The summed E-state index contributed by atoms with van der Waals surface area (Å²) in [6.45, 7) is 0.406. The van der Waals surface area contributed by atoms with Crippen LogP contribution in [0.15, 0.2) is 58.5 Å². The van der Waals surface area contributed by atoms with E-state index in [2.05, 4.69) is 26.2 Å². The molecule has 24 heavy (non-hydrogen) atoms. The first-order valence-electron chi connectivity index (χ1n) is 7.28. The highest BCUT2D eigenvalue weighted by molar-refractivity contribution is 9.10. The van der Waals surface area contributed by atoms with Crippen molar-refractivity contribution in [2.24, 2.45) is 0 Å². The van der Waals surface area contributed by atoms with Gasteiger partial charge in [-0.1, -0.05) is 12.1 Å². The molecule has 0 unspecified atom stereocenters. The number of methoxy groups -OCH3 is 1. The van der Waals surface area contributed by atoms with Gasteiger partial charge in [-0.25, -0.2) is 0 Å². The molecule has 1 aromatic carbocycles. The fraction of sp³-hybridized carbons (Fsp3) is 0.111. The van der Waals surface area contributed by atoms with Gasteiger partial charge in [0.15, 0.2) is 0 Å². The van der Waals surface area contributed by atoms with E-state index in [0.717, 1.165) is 20.6 Å². The summed E-state index contributed by atoms with van der Waals surface area (Å²) >= 11 is 5.03. The monoisotopic (exact) mass is 402 g/mol. The van der Waals surface area contributed by atoms with E-state index in [1.165, 1.54) is 0 Å². The van der Waals surface area contributed by atoms with E-state index in [9.17, 15) is 4.79 Å². The minimum Gasteiger partial charge on any atom is -0.497 e. The zero-order valence-corrected chi connectivity index (χ0v) is 15.4. The van der Waals surface area contributed by atoms with Crippen molar-refractivity contribution in [2.75, 3.05) is 7.11 Å². The molecule has 0 radical (unpaired) electrons. The molecule has 0 aliphatic heterocycles. The third-order valence-electron chi connectivity index (χ3n) is 3.50. The molecule has 0 fully saturated rings. The second-order valence-corrected chi connectivity index (χ2v) is 6.82. The molecule has 0 atom stereocenters. The van der Waals surface area contributed by atoms with Gasteiger partial charge in [-0.05, 0) is 57.2 Å². The van der Waals surface area contributed by atoms with Crippen LogP contribution in [0.25, 0.3) is 10.6 Å². The van der Waals surface area contributed by atoms with Gasteiger partial charge >= 0.3 is 0 Å². The summed E-state index contributed by atoms with van der Waals surface area (Å²) in [6, 6.07) is 13.2. The summed E-state index contributed by atoms with van der Waals surface area (Å²) in [7, 11) is 1.58. The number of nitrogens with one attached hydrogen (secondary N) is 1. The molecule has 3 aromatic rings. The van der Waals surface area contributed by atoms with E-state index in [1.807, 2.05) is 29.6 Å². The molecule has 2 aromatic heterocycles. The lowest BCUT2D eigenvalue weighted by Gasteiger charge is -2.10. The Morgan fingerprint density at radius 3 is 2.92 bits per heavy atom. The van der Waals surface area contributed by atoms with Crippen LogP contribution in [-0.4, -0.2) is 18.0 Å². The van der Waals surface area contributed by atoms with Crippen molar-refractivity contribution in [3.63, 3.8) is 0 Å². The van der Waals surface area contributed by atoms with Crippen LogP contribution >= 0.6 is 27.3 Å². The smallest absolute Gasteiger partial charge is 0.252 e. The first-order valence-corrected chi connectivity index (χ1v) is 8.96. The van der Waals surface area contributed by atoms with E-state index in [-0.39, 0.29) is 5.91 Å². The lowest BCUT2D eigenvalue weighted by molar-refractivity contribution is 0.0950. The highest BCUT2D eigenvalue weighted by Crippen LogP contribution is 2.26. The number of ether oxygens (including phenoxy) is 1. The Bertz CT molecular complexity index is 850. The molecular formula is C18H15BrN2O2S. The predicted molar refractivity (Wildman–Crippen MR) is 99.4 cm³/mol. The Hall–Kier alpha value is -2.18. The van der Waals surface area contributed by atoms with Gasteiger partial charge in [-0.15, -0.1) is 11.3 Å². The molecule has 4 nitrogen and oxygen atoms in total. The highest BCUT2D eigenvalue weighted by atomic mass is 79.9. The molecule has 122 valence electrons. The van der Waals surface area contributed by atoms with Crippen LogP contribution in [-0.2, 0) is 6.54 Å². The predicted octanol–water partition coefficient (Wildman–Crippen LogP) is 4.51. The van der Waals surface area contributed by atoms with Crippen molar-refractivity contribution < 1.29 is 9.53 Å². The van der Waals surface area contributed by atoms with Crippen molar-refractivity contribution in [3.05, 3.63) is 69.6 Å². The maximum atomic E-state index is 12.5. The summed E-state index contributed by atoms with van der Waals surface area (Å²) < 4.78 is 5.91. The third-order valence-corrected chi connectivity index (χ3v) is 5.07. The molecule has 0 saturated heterocycles. The zero-order chi connectivity index (χ0) is 16.9. The summed E-state index contributed by atoms with van der Waals surface area (Å²) in [4.78, 5) is 18.0.